The standard InChI is InChI=1S/C15H19N3S2/c1-4-10(2)16-15(19)18-13-7-5-6-12(8-13)14-9-20-11(3)17-14/h5-10H,4H2,1-3H3,(H2,16,18,19). The first-order chi connectivity index (χ1) is 9.58. The van der Waals surface area contributed by atoms with Gasteiger partial charge < -0.3 is 10.6 Å². The molecule has 1 aromatic heterocycles. The van der Waals surface area contributed by atoms with Crippen LogP contribution in [0.4, 0.5) is 5.69 Å². The molecule has 0 saturated heterocycles. The lowest BCUT2D eigenvalue weighted by atomic mass is 10.1. The first kappa shape index (κ1) is 14.9. The van der Waals surface area contributed by atoms with Gasteiger partial charge >= 0.3 is 0 Å². The summed E-state index contributed by atoms with van der Waals surface area (Å²) in [6.45, 7) is 6.26. The molecule has 0 amide bonds. The number of hydrogen-bond acceptors (Lipinski definition) is 3. The summed E-state index contributed by atoms with van der Waals surface area (Å²) in [5, 5.41) is 10.3. The lowest BCUT2D eigenvalue weighted by Crippen LogP contribution is -2.35. The van der Waals surface area contributed by atoms with Crippen molar-refractivity contribution in [3.05, 3.63) is 34.7 Å². The maximum Gasteiger partial charge on any atom is 0.170 e. The third-order valence-electron chi connectivity index (χ3n) is 3.03. The fraction of sp³-hybridized carbons (Fsp3) is 0.333. The maximum absolute atomic E-state index is 5.31. The van der Waals surface area contributed by atoms with Crippen LogP contribution in [0.15, 0.2) is 29.6 Å². The Morgan fingerprint density at radius 2 is 2.25 bits per heavy atom. The molecule has 0 aliphatic heterocycles. The minimum atomic E-state index is 0.374. The zero-order valence-corrected chi connectivity index (χ0v) is 13.6. The molecule has 1 aromatic carbocycles. The van der Waals surface area contributed by atoms with Gasteiger partial charge in [0.25, 0.3) is 0 Å². The summed E-state index contributed by atoms with van der Waals surface area (Å²) in [5.74, 6) is 0. The molecule has 1 heterocycles. The van der Waals surface area contributed by atoms with Crippen molar-refractivity contribution in [2.24, 2.45) is 0 Å². The molecule has 0 spiro atoms. The van der Waals surface area contributed by atoms with Crippen LogP contribution in [0.2, 0.25) is 0 Å². The second-order valence-electron chi connectivity index (χ2n) is 4.74. The highest BCUT2D eigenvalue weighted by molar-refractivity contribution is 7.80. The van der Waals surface area contributed by atoms with E-state index in [2.05, 4.69) is 47.0 Å². The summed E-state index contributed by atoms with van der Waals surface area (Å²) in [4.78, 5) is 4.51. The predicted molar refractivity (Wildman–Crippen MR) is 91.4 cm³/mol. The Kier molecular flexibility index (Phi) is 5.09. The molecule has 20 heavy (non-hydrogen) atoms. The molecule has 1 unspecified atom stereocenters. The SMILES string of the molecule is CCC(C)NC(=S)Nc1cccc(-c2csc(C)n2)c1. The highest BCUT2D eigenvalue weighted by Gasteiger charge is 2.05. The van der Waals surface area contributed by atoms with E-state index < -0.39 is 0 Å². The van der Waals surface area contributed by atoms with E-state index in [9.17, 15) is 0 Å². The van der Waals surface area contributed by atoms with Gasteiger partial charge in [0.2, 0.25) is 0 Å². The molecule has 3 nitrogen and oxygen atoms in total. The van der Waals surface area contributed by atoms with E-state index in [1.807, 2.05) is 19.1 Å². The van der Waals surface area contributed by atoms with E-state index in [0.29, 0.717) is 11.2 Å². The Morgan fingerprint density at radius 1 is 1.45 bits per heavy atom. The Balaban J connectivity index is 2.08. The summed E-state index contributed by atoms with van der Waals surface area (Å²) in [6, 6.07) is 8.52. The number of nitrogens with one attached hydrogen (secondary N) is 2. The highest BCUT2D eigenvalue weighted by atomic mass is 32.1. The van der Waals surface area contributed by atoms with Gasteiger partial charge in [-0.2, -0.15) is 0 Å². The summed E-state index contributed by atoms with van der Waals surface area (Å²) in [6.07, 6.45) is 1.04. The van der Waals surface area contributed by atoms with Crippen LogP contribution in [0, 0.1) is 6.92 Å². The second kappa shape index (κ2) is 6.81. The normalized spacial score (nSPS) is 11.9. The van der Waals surface area contributed by atoms with Crippen LogP contribution in [0.25, 0.3) is 11.3 Å². The van der Waals surface area contributed by atoms with E-state index in [0.717, 1.165) is 28.4 Å². The number of anilines is 1. The Labute approximate surface area is 129 Å². The van der Waals surface area contributed by atoms with Gasteiger partial charge in [0.15, 0.2) is 5.11 Å². The third kappa shape index (κ3) is 4.02. The molecule has 5 heteroatoms. The number of rotatable bonds is 4. The predicted octanol–water partition coefficient (Wildman–Crippen LogP) is 4.20. The van der Waals surface area contributed by atoms with Crippen LogP contribution in [-0.2, 0) is 0 Å². The molecule has 0 bridgehead atoms. The van der Waals surface area contributed by atoms with Crippen LogP contribution in [0.5, 0.6) is 0 Å². The van der Waals surface area contributed by atoms with Crippen LogP contribution >= 0.6 is 23.6 Å². The highest BCUT2D eigenvalue weighted by Crippen LogP contribution is 2.24. The maximum atomic E-state index is 5.31. The Morgan fingerprint density at radius 3 is 2.90 bits per heavy atom. The number of hydrogen-bond donors (Lipinski definition) is 2. The zero-order valence-electron chi connectivity index (χ0n) is 11.9. The summed E-state index contributed by atoms with van der Waals surface area (Å²) in [5.41, 5.74) is 3.09. The van der Waals surface area contributed by atoms with Gasteiger partial charge in [-0.3, -0.25) is 0 Å². The quantitative estimate of drug-likeness (QED) is 0.830. The van der Waals surface area contributed by atoms with Crippen LogP contribution in [0.1, 0.15) is 25.3 Å². The average molecular weight is 305 g/mol. The fourth-order valence-electron chi connectivity index (χ4n) is 1.75. The molecule has 0 aliphatic rings. The number of aryl methyl sites for hydroxylation is 1. The second-order valence-corrected chi connectivity index (χ2v) is 6.21. The van der Waals surface area contributed by atoms with E-state index in [-0.39, 0.29) is 0 Å². The van der Waals surface area contributed by atoms with Crippen LogP contribution in [-0.4, -0.2) is 16.1 Å². The molecule has 0 radical (unpaired) electrons. The lowest BCUT2D eigenvalue weighted by Gasteiger charge is -2.15. The van der Waals surface area contributed by atoms with Gasteiger partial charge in [0.05, 0.1) is 10.7 Å². The van der Waals surface area contributed by atoms with E-state index in [4.69, 9.17) is 12.2 Å². The number of nitrogens with zero attached hydrogens (tertiary/aromatic N) is 1. The van der Waals surface area contributed by atoms with E-state index in [1.165, 1.54) is 0 Å². The number of thiazole rings is 1. The van der Waals surface area contributed by atoms with E-state index >= 15 is 0 Å². The van der Waals surface area contributed by atoms with Crippen molar-refractivity contribution in [1.82, 2.24) is 10.3 Å². The summed E-state index contributed by atoms with van der Waals surface area (Å²) < 4.78 is 0. The minimum Gasteiger partial charge on any atom is -0.360 e. The molecule has 1 atom stereocenters. The van der Waals surface area contributed by atoms with Gasteiger partial charge in [0.1, 0.15) is 0 Å². The average Bonchev–Trinajstić information content (AvgIpc) is 2.85. The number of thiocarbonyl (C=S) groups is 1. The Hall–Kier alpha value is -1.46. The van der Waals surface area contributed by atoms with Crippen molar-refractivity contribution in [2.75, 3.05) is 5.32 Å². The fourth-order valence-corrected chi connectivity index (χ4v) is 2.69. The van der Waals surface area contributed by atoms with Gasteiger partial charge in [-0.25, -0.2) is 4.98 Å². The van der Waals surface area contributed by atoms with Gasteiger partial charge in [-0.1, -0.05) is 19.1 Å². The van der Waals surface area contributed by atoms with Crippen LogP contribution in [0.3, 0.4) is 0 Å². The molecule has 2 rings (SSSR count). The molecule has 0 saturated carbocycles. The third-order valence-corrected chi connectivity index (χ3v) is 4.02. The van der Waals surface area contributed by atoms with Crippen molar-refractivity contribution in [3.8, 4) is 11.3 Å². The molecular formula is C15H19N3S2. The van der Waals surface area contributed by atoms with Gasteiger partial charge in [0, 0.05) is 22.7 Å². The zero-order chi connectivity index (χ0) is 14.5. The van der Waals surface area contributed by atoms with Crippen molar-refractivity contribution in [2.45, 2.75) is 33.2 Å². The van der Waals surface area contributed by atoms with Crippen molar-refractivity contribution >= 4 is 34.4 Å². The molecule has 106 valence electrons. The monoisotopic (exact) mass is 305 g/mol. The number of benzene rings is 1. The summed E-state index contributed by atoms with van der Waals surface area (Å²) in [7, 11) is 0. The molecule has 2 aromatic rings. The van der Waals surface area contributed by atoms with Crippen molar-refractivity contribution in [1.29, 1.82) is 0 Å². The molecular weight excluding hydrogens is 286 g/mol. The summed E-state index contributed by atoms with van der Waals surface area (Å²) >= 11 is 6.97. The van der Waals surface area contributed by atoms with Crippen molar-refractivity contribution < 1.29 is 0 Å². The van der Waals surface area contributed by atoms with E-state index in [1.54, 1.807) is 11.3 Å². The minimum absolute atomic E-state index is 0.374. The molecule has 0 fully saturated rings. The van der Waals surface area contributed by atoms with Gasteiger partial charge in [-0.15, -0.1) is 11.3 Å². The first-order valence-electron chi connectivity index (χ1n) is 6.68. The smallest absolute Gasteiger partial charge is 0.170 e. The van der Waals surface area contributed by atoms with Gasteiger partial charge in [-0.05, 0) is 44.6 Å². The first-order valence-corrected chi connectivity index (χ1v) is 7.97. The lowest BCUT2D eigenvalue weighted by molar-refractivity contribution is 0.646. The molecule has 2 N–H and O–H groups in total. The molecule has 0 aliphatic carbocycles. The van der Waals surface area contributed by atoms with Crippen LogP contribution < -0.4 is 10.6 Å². The number of aromatic nitrogens is 1. The topological polar surface area (TPSA) is 37.0 Å². The van der Waals surface area contributed by atoms with Crippen molar-refractivity contribution in [3.63, 3.8) is 0 Å². The Bertz CT molecular complexity index is 592. The largest absolute Gasteiger partial charge is 0.360 e.